The number of quaternary nitrogens is 1. The summed E-state index contributed by atoms with van der Waals surface area (Å²) in [5.41, 5.74) is 6.87. The van der Waals surface area contributed by atoms with Crippen LogP contribution in [0.2, 0.25) is 0 Å². The number of pyridine rings is 1. The number of hydrogen-bond donors (Lipinski definition) is 1. The highest BCUT2D eigenvalue weighted by Crippen LogP contribution is 2.40. The molecule has 3 saturated heterocycles. The van der Waals surface area contributed by atoms with Crippen molar-refractivity contribution in [3.63, 3.8) is 0 Å². The van der Waals surface area contributed by atoms with E-state index in [-0.39, 0.29) is 6.04 Å². The molecule has 5 atom stereocenters. The van der Waals surface area contributed by atoms with Crippen LogP contribution in [0.5, 0.6) is 5.75 Å². The number of nitrogens with zero attached hydrogens (tertiary/aromatic N) is 2. The van der Waals surface area contributed by atoms with Gasteiger partial charge in [-0.15, -0.1) is 6.58 Å². The molecule has 5 rings (SSSR count). The molecule has 3 N–H and O–H groups in total. The number of hydrogen-bond acceptors (Lipinski definition) is 3. The first kappa shape index (κ1) is 15.6. The highest BCUT2D eigenvalue weighted by atomic mass is 16.5. The van der Waals surface area contributed by atoms with E-state index in [4.69, 9.17) is 4.74 Å². The summed E-state index contributed by atoms with van der Waals surface area (Å²) < 4.78 is 5.41. The lowest BCUT2D eigenvalue weighted by atomic mass is 9.73. The number of rotatable bonds is 4. The van der Waals surface area contributed by atoms with E-state index in [0.29, 0.717) is 12.0 Å². The van der Waals surface area contributed by atoms with Gasteiger partial charge in [0.2, 0.25) is 0 Å². The first-order valence-electron chi connectivity index (χ1n) is 8.83. The largest absolute Gasteiger partial charge is 0.497 e. The molecule has 1 aromatic carbocycles. The average Bonchev–Trinajstić information content (AvgIpc) is 2.66. The van der Waals surface area contributed by atoms with Crippen LogP contribution in [0.15, 0.2) is 43.1 Å². The fraction of sp³-hybridized carbons (Fsp3) is 0.450. The minimum absolute atomic E-state index is 0.246. The molecule has 0 aliphatic carbocycles. The van der Waals surface area contributed by atoms with E-state index in [0.717, 1.165) is 23.7 Å². The molecular weight excluding hydrogens is 298 g/mol. The third-order valence-corrected chi connectivity index (χ3v) is 6.00. The molecule has 24 heavy (non-hydrogen) atoms. The van der Waals surface area contributed by atoms with Crippen molar-refractivity contribution < 1.29 is 10.5 Å². The fourth-order valence-corrected chi connectivity index (χ4v) is 4.60. The molecule has 0 amide bonds. The quantitative estimate of drug-likeness (QED) is 0.879. The zero-order valence-electron chi connectivity index (χ0n) is 14.3. The third-order valence-electron chi connectivity index (χ3n) is 6.00. The molecular formula is C20H26N3O+. The Morgan fingerprint density at radius 2 is 2.29 bits per heavy atom. The van der Waals surface area contributed by atoms with Gasteiger partial charge in [0.05, 0.1) is 18.7 Å². The van der Waals surface area contributed by atoms with E-state index in [1.165, 1.54) is 30.3 Å². The van der Waals surface area contributed by atoms with Crippen LogP contribution in [0, 0.1) is 11.8 Å². The number of fused-ring (bicyclic) bond motifs is 4. The van der Waals surface area contributed by atoms with E-state index in [1.54, 1.807) is 7.11 Å². The van der Waals surface area contributed by atoms with Crippen molar-refractivity contribution >= 4 is 10.9 Å². The molecule has 3 aliphatic rings. The molecule has 2 bridgehead atoms. The second-order valence-electron chi connectivity index (χ2n) is 7.14. The van der Waals surface area contributed by atoms with E-state index in [2.05, 4.69) is 40.4 Å². The summed E-state index contributed by atoms with van der Waals surface area (Å²) in [7, 11) is 1.71. The van der Waals surface area contributed by atoms with Crippen LogP contribution >= 0.6 is 0 Å². The van der Waals surface area contributed by atoms with Gasteiger partial charge in [-0.1, -0.05) is 6.08 Å². The number of piperidine rings is 3. The van der Waals surface area contributed by atoms with Crippen molar-refractivity contribution in [1.29, 1.82) is 0 Å². The zero-order chi connectivity index (χ0) is 16.7. The molecule has 3 unspecified atom stereocenters. The van der Waals surface area contributed by atoms with Crippen LogP contribution in [0.25, 0.3) is 10.9 Å². The maximum Gasteiger partial charge on any atom is 0.126 e. The van der Waals surface area contributed by atoms with Gasteiger partial charge in [0.1, 0.15) is 11.8 Å². The SMILES string of the molecule is C=CC1CN2CCC1C[C@H]2[C@@H]([NH3+])c1ccnc2ccc(OC)cc12. The number of aromatic nitrogens is 1. The Balaban J connectivity index is 1.69. The van der Waals surface area contributed by atoms with E-state index in [1.807, 2.05) is 18.3 Å². The predicted octanol–water partition coefficient (Wildman–Crippen LogP) is 2.42. The van der Waals surface area contributed by atoms with Gasteiger partial charge in [0.15, 0.2) is 0 Å². The smallest absolute Gasteiger partial charge is 0.126 e. The summed E-state index contributed by atoms with van der Waals surface area (Å²) in [5, 5.41) is 1.17. The van der Waals surface area contributed by atoms with Crippen LogP contribution in [0.3, 0.4) is 0 Å². The molecule has 1 aromatic heterocycles. The van der Waals surface area contributed by atoms with E-state index in [9.17, 15) is 0 Å². The minimum atomic E-state index is 0.246. The second-order valence-corrected chi connectivity index (χ2v) is 7.14. The van der Waals surface area contributed by atoms with Crippen molar-refractivity contribution in [2.45, 2.75) is 24.9 Å². The monoisotopic (exact) mass is 324 g/mol. The van der Waals surface area contributed by atoms with Crippen molar-refractivity contribution in [2.24, 2.45) is 11.8 Å². The molecule has 4 heterocycles. The van der Waals surface area contributed by atoms with Gasteiger partial charge in [0, 0.05) is 23.7 Å². The van der Waals surface area contributed by atoms with E-state index >= 15 is 0 Å². The Morgan fingerprint density at radius 1 is 1.42 bits per heavy atom. The van der Waals surface area contributed by atoms with Gasteiger partial charge in [0.25, 0.3) is 0 Å². The lowest BCUT2D eigenvalue weighted by Gasteiger charge is -2.50. The third kappa shape index (κ3) is 2.50. The lowest BCUT2D eigenvalue weighted by molar-refractivity contribution is -0.442. The van der Waals surface area contributed by atoms with Crippen LogP contribution in [-0.2, 0) is 0 Å². The maximum atomic E-state index is 5.41. The molecule has 2 aromatic rings. The summed E-state index contributed by atoms with van der Waals surface area (Å²) in [6, 6.07) is 8.99. The Hall–Kier alpha value is -1.91. The van der Waals surface area contributed by atoms with Gasteiger partial charge >= 0.3 is 0 Å². The molecule has 4 heteroatoms. The molecule has 4 nitrogen and oxygen atoms in total. The normalized spacial score (nSPS) is 30.2. The van der Waals surface area contributed by atoms with Gasteiger partial charge in [-0.25, -0.2) is 0 Å². The Kier molecular flexibility index (Phi) is 4.02. The van der Waals surface area contributed by atoms with Crippen molar-refractivity contribution in [3.05, 3.63) is 48.7 Å². The van der Waals surface area contributed by atoms with E-state index < -0.39 is 0 Å². The topological polar surface area (TPSA) is 53.0 Å². The molecule has 0 spiro atoms. The fourth-order valence-electron chi connectivity index (χ4n) is 4.60. The lowest BCUT2D eigenvalue weighted by Crippen LogP contribution is -2.66. The van der Waals surface area contributed by atoms with Crippen LogP contribution < -0.4 is 10.5 Å². The molecule has 126 valence electrons. The Bertz CT molecular complexity index is 760. The van der Waals surface area contributed by atoms with Gasteiger partial charge in [-0.05, 0) is 55.5 Å². The predicted molar refractivity (Wildman–Crippen MR) is 95.7 cm³/mol. The summed E-state index contributed by atoms with van der Waals surface area (Å²) in [6.45, 7) is 6.36. The highest BCUT2D eigenvalue weighted by Gasteiger charge is 2.43. The van der Waals surface area contributed by atoms with Gasteiger partial charge in [-0.3, -0.25) is 9.88 Å². The summed E-state index contributed by atoms with van der Waals surface area (Å²) in [4.78, 5) is 7.13. The van der Waals surface area contributed by atoms with Crippen molar-refractivity contribution in [2.75, 3.05) is 20.2 Å². The Morgan fingerprint density at radius 3 is 3.00 bits per heavy atom. The first-order chi connectivity index (χ1) is 11.7. The number of ether oxygens (including phenoxy) is 1. The number of methoxy groups -OCH3 is 1. The van der Waals surface area contributed by atoms with Crippen LogP contribution in [0.1, 0.15) is 24.4 Å². The Labute approximate surface area is 143 Å². The average molecular weight is 324 g/mol. The van der Waals surface area contributed by atoms with Crippen molar-refractivity contribution in [1.82, 2.24) is 9.88 Å². The van der Waals surface area contributed by atoms with Crippen LogP contribution in [0.4, 0.5) is 0 Å². The minimum Gasteiger partial charge on any atom is -0.497 e. The first-order valence-corrected chi connectivity index (χ1v) is 8.83. The maximum absolute atomic E-state index is 5.41. The van der Waals surface area contributed by atoms with Gasteiger partial charge in [-0.2, -0.15) is 0 Å². The zero-order valence-corrected chi connectivity index (χ0v) is 14.3. The summed E-state index contributed by atoms with van der Waals surface area (Å²) >= 11 is 0. The number of benzene rings is 1. The highest BCUT2D eigenvalue weighted by molar-refractivity contribution is 5.83. The van der Waals surface area contributed by atoms with Crippen LogP contribution in [-0.4, -0.2) is 36.1 Å². The molecule has 3 aliphatic heterocycles. The van der Waals surface area contributed by atoms with Gasteiger partial charge < -0.3 is 10.5 Å². The molecule has 3 fully saturated rings. The standard InChI is InChI=1S/C20H25N3O/c1-3-13-12-23-9-7-14(13)10-19(23)20(21)16-6-8-22-18-5-4-15(24-2)11-17(16)18/h3-6,8,11,13-14,19-20H,1,7,9-10,12,21H2,2H3/p+1/t13?,14?,19-,20-/m0/s1. The second kappa shape index (κ2) is 6.19. The summed E-state index contributed by atoms with van der Waals surface area (Å²) in [6.07, 6.45) is 6.58. The molecule has 0 saturated carbocycles. The summed E-state index contributed by atoms with van der Waals surface area (Å²) in [5.74, 6) is 2.29. The molecule has 0 radical (unpaired) electrons. The van der Waals surface area contributed by atoms with Crippen molar-refractivity contribution in [3.8, 4) is 5.75 Å².